The van der Waals surface area contributed by atoms with Crippen molar-refractivity contribution in [2.45, 2.75) is 39.5 Å². The summed E-state index contributed by atoms with van der Waals surface area (Å²) in [5.41, 5.74) is 1.49. The first-order valence-electron chi connectivity index (χ1n) is 6.86. The van der Waals surface area contributed by atoms with Crippen molar-refractivity contribution >= 4 is 11.6 Å². The van der Waals surface area contributed by atoms with Crippen molar-refractivity contribution in [3.8, 4) is 6.07 Å². The third-order valence-corrected chi connectivity index (χ3v) is 3.46. The number of nitrogens with one attached hydrogen (secondary N) is 1. The Kier molecular flexibility index (Phi) is 6.91. The van der Waals surface area contributed by atoms with Gasteiger partial charge < -0.3 is 5.32 Å². The smallest absolute Gasteiger partial charge is 0.0621 e. The Morgan fingerprint density at radius 3 is 2.84 bits per heavy atom. The van der Waals surface area contributed by atoms with Crippen molar-refractivity contribution in [3.63, 3.8) is 0 Å². The van der Waals surface area contributed by atoms with Crippen LogP contribution >= 0.6 is 11.6 Å². The van der Waals surface area contributed by atoms with Gasteiger partial charge in [0.1, 0.15) is 0 Å². The summed E-state index contributed by atoms with van der Waals surface area (Å²) in [6.45, 7) is 6.37. The molecule has 0 aliphatic rings. The highest BCUT2D eigenvalue weighted by Crippen LogP contribution is 2.20. The Hall–Kier alpha value is -1.04. The van der Waals surface area contributed by atoms with Crippen LogP contribution in [0.3, 0.4) is 0 Å². The first kappa shape index (κ1) is 16.0. The number of hydrogen-bond donors (Lipinski definition) is 1. The number of benzene rings is 1. The van der Waals surface area contributed by atoms with E-state index in [0.717, 1.165) is 37.4 Å². The highest BCUT2D eigenvalue weighted by atomic mass is 35.5. The Morgan fingerprint density at radius 2 is 2.16 bits per heavy atom. The highest BCUT2D eigenvalue weighted by molar-refractivity contribution is 6.30. The van der Waals surface area contributed by atoms with Gasteiger partial charge in [0.2, 0.25) is 0 Å². The third-order valence-electron chi connectivity index (χ3n) is 3.23. The van der Waals surface area contributed by atoms with Crippen LogP contribution in [0.5, 0.6) is 0 Å². The van der Waals surface area contributed by atoms with E-state index in [4.69, 9.17) is 16.9 Å². The van der Waals surface area contributed by atoms with E-state index in [1.165, 1.54) is 5.56 Å². The molecule has 19 heavy (non-hydrogen) atoms. The molecule has 0 atom stereocenters. The zero-order valence-electron chi connectivity index (χ0n) is 11.9. The molecule has 3 heteroatoms. The number of halogens is 1. The monoisotopic (exact) mass is 278 g/mol. The predicted molar refractivity (Wildman–Crippen MR) is 81.3 cm³/mol. The van der Waals surface area contributed by atoms with Crippen LogP contribution in [0, 0.1) is 16.7 Å². The minimum absolute atomic E-state index is 0.200. The molecule has 0 unspecified atom stereocenters. The molecule has 2 nitrogen and oxygen atoms in total. The number of aryl methyl sites for hydroxylation is 1. The number of rotatable bonds is 8. The van der Waals surface area contributed by atoms with Crippen molar-refractivity contribution < 1.29 is 0 Å². The van der Waals surface area contributed by atoms with E-state index in [-0.39, 0.29) is 5.41 Å². The van der Waals surface area contributed by atoms with Gasteiger partial charge in [-0.1, -0.05) is 37.6 Å². The van der Waals surface area contributed by atoms with Gasteiger partial charge in [0.15, 0.2) is 0 Å². The van der Waals surface area contributed by atoms with Crippen LogP contribution in [-0.4, -0.2) is 13.1 Å². The minimum atomic E-state index is 0.200. The largest absolute Gasteiger partial charge is 0.316 e. The van der Waals surface area contributed by atoms with E-state index in [1.54, 1.807) is 0 Å². The van der Waals surface area contributed by atoms with Gasteiger partial charge in [0, 0.05) is 18.0 Å². The van der Waals surface area contributed by atoms with Gasteiger partial charge in [-0.2, -0.15) is 5.26 Å². The molecular formula is C16H23ClN2. The molecule has 0 aromatic heterocycles. The molecule has 104 valence electrons. The molecule has 0 aliphatic carbocycles. The maximum atomic E-state index is 8.61. The molecule has 0 aliphatic heterocycles. The normalized spacial score (nSPS) is 11.3. The molecule has 0 amide bonds. The van der Waals surface area contributed by atoms with Crippen LogP contribution in [0.4, 0.5) is 0 Å². The molecule has 0 saturated heterocycles. The second-order valence-corrected chi connectivity index (χ2v) is 6.17. The fourth-order valence-corrected chi connectivity index (χ4v) is 2.23. The summed E-state index contributed by atoms with van der Waals surface area (Å²) in [6, 6.07) is 10.3. The third kappa shape index (κ3) is 7.20. The molecule has 1 rings (SSSR count). The van der Waals surface area contributed by atoms with Crippen LogP contribution < -0.4 is 5.32 Å². The zero-order valence-corrected chi connectivity index (χ0v) is 12.6. The van der Waals surface area contributed by atoms with Gasteiger partial charge in [-0.05, 0) is 48.9 Å². The molecular weight excluding hydrogens is 256 g/mol. The Bertz CT molecular complexity index is 421. The van der Waals surface area contributed by atoms with Gasteiger partial charge in [-0.15, -0.1) is 0 Å². The first-order chi connectivity index (χ1) is 9.03. The number of nitrogens with zero attached hydrogens (tertiary/aromatic N) is 1. The van der Waals surface area contributed by atoms with Crippen molar-refractivity contribution in [3.05, 3.63) is 34.9 Å². The van der Waals surface area contributed by atoms with Gasteiger partial charge in [0.05, 0.1) is 6.07 Å². The van der Waals surface area contributed by atoms with Crippen LogP contribution in [0.2, 0.25) is 5.02 Å². The Labute approximate surface area is 121 Å². The first-order valence-corrected chi connectivity index (χ1v) is 7.23. The second-order valence-electron chi connectivity index (χ2n) is 5.73. The molecule has 1 aromatic rings. The molecule has 0 fully saturated rings. The second kappa shape index (κ2) is 8.19. The summed E-state index contributed by atoms with van der Waals surface area (Å²) in [7, 11) is 0. The molecule has 0 spiro atoms. The van der Waals surface area contributed by atoms with E-state index in [2.05, 4.69) is 31.3 Å². The van der Waals surface area contributed by atoms with Gasteiger partial charge in [-0.25, -0.2) is 0 Å². The summed E-state index contributed by atoms with van der Waals surface area (Å²) in [4.78, 5) is 0. The maximum absolute atomic E-state index is 8.61. The SMILES string of the molecule is CC(C)(CCC#N)CNCCCc1cccc(Cl)c1. The van der Waals surface area contributed by atoms with Gasteiger partial charge in [-0.3, -0.25) is 0 Å². The van der Waals surface area contributed by atoms with Gasteiger partial charge >= 0.3 is 0 Å². The lowest BCUT2D eigenvalue weighted by Gasteiger charge is -2.23. The summed E-state index contributed by atoms with van der Waals surface area (Å²) in [5.74, 6) is 0. The molecule has 0 bridgehead atoms. The maximum Gasteiger partial charge on any atom is 0.0621 e. The van der Waals surface area contributed by atoms with Crippen molar-refractivity contribution in [1.82, 2.24) is 5.32 Å². The Morgan fingerprint density at radius 1 is 1.37 bits per heavy atom. The van der Waals surface area contributed by atoms with Crippen LogP contribution in [0.25, 0.3) is 0 Å². The van der Waals surface area contributed by atoms with Crippen LogP contribution in [0.15, 0.2) is 24.3 Å². The van der Waals surface area contributed by atoms with Crippen molar-refractivity contribution in [1.29, 1.82) is 5.26 Å². The molecule has 1 aromatic carbocycles. The Balaban J connectivity index is 2.16. The van der Waals surface area contributed by atoms with Crippen molar-refractivity contribution in [2.24, 2.45) is 5.41 Å². The quantitative estimate of drug-likeness (QED) is 0.724. The average molecular weight is 279 g/mol. The standard InChI is InChI=1S/C16H23ClN2/c1-16(2,9-5-10-18)13-19-11-4-7-14-6-3-8-15(17)12-14/h3,6,8,12,19H,4-5,7,9,11,13H2,1-2H3. The van der Waals surface area contributed by atoms with E-state index in [0.29, 0.717) is 6.42 Å². The lowest BCUT2D eigenvalue weighted by Crippen LogP contribution is -2.30. The van der Waals surface area contributed by atoms with E-state index in [1.807, 2.05) is 18.2 Å². The minimum Gasteiger partial charge on any atom is -0.316 e. The molecule has 0 saturated carbocycles. The highest BCUT2D eigenvalue weighted by Gasteiger charge is 2.16. The molecule has 1 N–H and O–H groups in total. The summed E-state index contributed by atoms with van der Waals surface area (Å²) < 4.78 is 0. The number of nitriles is 1. The number of hydrogen-bond acceptors (Lipinski definition) is 2. The van der Waals surface area contributed by atoms with Crippen LogP contribution in [-0.2, 0) is 6.42 Å². The summed E-state index contributed by atoms with van der Waals surface area (Å²) in [5, 5.41) is 12.9. The van der Waals surface area contributed by atoms with E-state index >= 15 is 0 Å². The predicted octanol–water partition coefficient (Wildman–Crippen LogP) is 4.19. The molecule has 0 radical (unpaired) electrons. The van der Waals surface area contributed by atoms with Crippen LogP contribution in [0.1, 0.15) is 38.7 Å². The van der Waals surface area contributed by atoms with E-state index in [9.17, 15) is 0 Å². The summed E-state index contributed by atoms with van der Waals surface area (Å²) in [6.07, 6.45) is 3.74. The average Bonchev–Trinajstić information content (AvgIpc) is 2.36. The van der Waals surface area contributed by atoms with Gasteiger partial charge in [0.25, 0.3) is 0 Å². The fourth-order valence-electron chi connectivity index (χ4n) is 2.02. The zero-order chi connectivity index (χ0) is 14.1. The lowest BCUT2D eigenvalue weighted by molar-refractivity contribution is 0.318. The summed E-state index contributed by atoms with van der Waals surface area (Å²) >= 11 is 5.95. The van der Waals surface area contributed by atoms with Crippen molar-refractivity contribution in [2.75, 3.05) is 13.1 Å². The molecule has 0 heterocycles. The topological polar surface area (TPSA) is 35.8 Å². The fraction of sp³-hybridized carbons (Fsp3) is 0.562. The lowest BCUT2D eigenvalue weighted by atomic mass is 9.88. The van der Waals surface area contributed by atoms with E-state index < -0.39 is 0 Å².